The van der Waals surface area contributed by atoms with Gasteiger partial charge in [0, 0.05) is 27.6 Å². The maximum Gasteiger partial charge on any atom is 0.100 e. The summed E-state index contributed by atoms with van der Waals surface area (Å²) in [4.78, 5) is 0. The first kappa shape index (κ1) is 20.5. The average molecular weight is 446 g/mol. The van der Waals surface area contributed by atoms with Crippen molar-refractivity contribution in [2.45, 2.75) is 0 Å². The molecule has 35 heavy (non-hydrogen) atoms. The van der Waals surface area contributed by atoms with Gasteiger partial charge in [0.25, 0.3) is 0 Å². The van der Waals surface area contributed by atoms with E-state index in [9.17, 15) is 10.5 Å². The van der Waals surface area contributed by atoms with Crippen LogP contribution >= 0.6 is 0 Å². The van der Waals surface area contributed by atoms with Crippen molar-refractivity contribution >= 4 is 21.8 Å². The zero-order valence-electron chi connectivity index (χ0n) is 18.8. The molecule has 0 aliphatic carbocycles. The molecule has 0 unspecified atom stereocenters. The number of fused-ring (bicyclic) bond motifs is 3. The topological polar surface area (TPSA) is 52.5 Å². The average Bonchev–Trinajstić information content (AvgIpc) is 3.27. The zero-order valence-corrected chi connectivity index (χ0v) is 18.8. The molecule has 0 fully saturated rings. The molecule has 0 bridgehead atoms. The van der Waals surface area contributed by atoms with Gasteiger partial charge in [-0.3, -0.25) is 0 Å². The van der Waals surface area contributed by atoms with Crippen LogP contribution in [0.1, 0.15) is 11.1 Å². The first-order valence-electron chi connectivity index (χ1n) is 11.4. The molecule has 0 amide bonds. The van der Waals surface area contributed by atoms with Crippen LogP contribution in [0.4, 0.5) is 0 Å². The molecule has 0 N–H and O–H groups in total. The molecule has 1 aromatic heterocycles. The lowest BCUT2D eigenvalue weighted by atomic mass is 9.91. The number of hydrogen-bond acceptors (Lipinski definition) is 2. The van der Waals surface area contributed by atoms with Gasteiger partial charge in [-0.2, -0.15) is 10.5 Å². The molecular formula is C32H19N3. The molecule has 6 rings (SSSR count). The molecule has 0 radical (unpaired) electrons. The summed E-state index contributed by atoms with van der Waals surface area (Å²) in [5, 5.41) is 22.4. The summed E-state index contributed by atoms with van der Waals surface area (Å²) in [7, 11) is 0. The van der Waals surface area contributed by atoms with E-state index in [1.807, 2.05) is 84.9 Å². The molecule has 5 aromatic carbocycles. The van der Waals surface area contributed by atoms with Gasteiger partial charge in [0.05, 0.1) is 28.2 Å². The van der Waals surface area contributed by atoms with Crippen LogP contribution in [0.3, 0.4) is 0 Å². The van der Waals surface area contributed by atoms with Crippen molar-refractivity contribution in [3.8, 4) is 40.1 Å². The molecule has 0 saturated carbocycles. The lowest BCUT2D eigenvalue weighted by Gasteiger charge is -2.14. The first-order chi connectivity index (χ1) is 17.3. The molecule has 3 heteroatoms. The Morgan fingerprint density at radius 3 is 1.74 bits per heavy atom. The maximum absolute atomic E-state index is 10.2. The monoisotopic (exact) mass is 445 g/mol. The molecule has 1 heterocycles. The van der Waals surface area contributed by atoms with Crippen molar-refractivity contribution in [3.05, 3.63) is 126 Å². The molecule has 6 aromatic rings. The lowest BCUT2D eigenvalue weighted by Crippen LogP contribution is -1.97. The zero-order chi connectivity index (χ0) is 23.8. The second-order valence-corrected chi connectivity index (χ2v) is 8.46. The fourth-order valence-electron chi connectivity index (χ4n) is 4.93. The molecule has 0 saturated heterocycles. The summed E-state index contributed by atoms with van der Waals surface area (Å²) in [6, 6.07) is 43.0. The van der Waals surface area contributed by atoms with E-state index in [0.717, 1.165) is 49.7 Å². The van der Waals surface area contributed by atoms with Crippen LogP contribution in [-0.4, -0.2) is 4.57 Å². The molecular weight excluding hydrogens is 426 g/mol. The molecule has 3 nitrogen and oxygen atoms in total. The number of benzene rings is 5. The Bertz CT molecular complexity index is 1760. The highest BCUT2D eigenvalue weighted by atomic mass is 15.0. The second kappa shape index (κ2) is 8.34. The summed E-state index contributed by atoms with van der Waals surface area (Å²) < 4.78 is 2.20. The van der Waals surface area contributed by atoms with Crippen molar-refractivity contribution in [1.82, 2.24) is 4.57 Å². The highest BCUT2D eigenvalue weighted by molar-refractivity contribution is 6.09. The van der Waals surface area contributed by atoms with Crippen molar-refractivity contribution in [2.24, 2.45) is 0 Å². The van der Waals surface area contributed by atoms with Crippen LogP contribution in [0, 0.1) is 22.7 Å². The van der Waals surface area contributed by atoms with Gasteiger partial charge < -0.3 is 4.57 Å². The van der Waals surface area contributed by atoms with Crippen molar-refractivity contribution < 1.29 is 0 Å². The number of para-hydroxylation sites is 2. The molecule has 0 aliphatic heterocycles. The third-order valence-corrected chi connectivity index (χ3v) is 6.46. The van der Waals surface area contributed by atoms with E-state index in [0.29, 0.717) is 11.1 Å². The summed E-state index contributed by atoms with van der Waals surface area (Å²) in [6.07, 6.45) is 0. The highest BCUT2D eigenvalue weighted by Gasteiger charge is 2.16. The maximum atomic E-state index is 10.2. The highest BCUT2D eigenvalue weighted by Crippen LogP contribution is 2.36. The number of rotatable bonds is 3. The summed E-state index contributed by atoms with van der Waals surface area (Å²) in [5.41, 5.74) is 7.72. The van der Waals surface area contributed by atoms with E-state index >= 15 is 0 Å². The quantitative estimate of drug-likeness (QED) is 0.278. The molecule has 162 valence electrons. The van der Waals surface area contributed by atoms with Gasteiger partial charge in [0.15, 0.2) is 0 Å². The van der Waals surface area contributed by atoms with Gasteiger partial charge >= 0.3 is 0 Å². The van der Waals surface area contributed by atoms with Crippen LogP contribution in [-0.2, 0) is 0 Å². The Morgan fingerprint density at radius 1 is 0.514 bits per heavy atom. The Balaban J connectivity index is 1.64. The van der Waals surface area contributed by atoms with E-state index in [1.54, 1.807) is 0 Å². The van der Waals surface area contributed by atoms with Crippen LogP contribution < -0.4 is 0 Å². The van der Waals surface area contributed by atoms with E-state index < -0.39 is 0 Å². The third-order valence-electron chi connectivity index (χ3n) is 6.46. The largest absolute Gasteiger partial charge is 0.309 e. The smallest absolute Gasteiger partial charge is 0.100 e. The Kier molecular flexibility index (Phi) is 4.88. The minimum Gasteiger partial charge on any atom is -0.309 e. The van der Waals surface area contributed by atoms with Gasteiger partial charge in [-0.25, -0.2) is 0 Å². The lowest BCUT2D eigenvalue weighted by molar-refractivity contribution is 1.18. The Hall–Kier alpha value is -5.12. The van der Waals surface area contributed by atoms with E-state index in [4.69, 9.17) is 0 Å². The minimum atomic E-state index is 0.549. The van der Waals surface area contributed by atoms with Gasteiger partial charge in [-0.05, 0) is 41.5 Å². The van der Waals surface area contributed by atoms with Crippen LogP contribution in [0.2, 0.25) is 0 Å². The number of hydrogen-bond donors (Lipinski definition) is 0. The number of aromatic nitrogens is 1. The van der Waals surface area contributed by atoms with Gasteiger partial charge in [-0.1, -0.05) is 84.9 Å². The summed E-state index contributed by atoms with van der Waals surface area (Å²) in [5.74, 6) is 0. The fraction of sp³-hybridized carbons (Fsp3) is 0. The standard InChI is InChI=1S/C32H19N3/c33-20-22-17-24(27-14-8-13-26(30(27)21-34)23-9-2-1-3-10-23)19-25(18-22)35-31-15-6-4-11-28(31)29-12-5-7-16-32(29)35/h1-19H. The minimum absolute atomic E-state index is 0.549. The second-order valence-electron chi connectivity index (χ2n) is 8.46. The number of nitrogens with zero attached hydrogens (tertiary/aromatic N) is 3. The third kappa shape index (κ3) is 3.35. The van der Waals surface area contributed by atoms with E-state index in [1.165, 1.54) is 0 Å². The predicted octanol–water partition coefficient (Wildman–Crippen LogP) is 7.86. The van der Waals surface area contributed by atoms with Gasteiger partial charge in [0.2, 0.25) is 0 Å². The predicted molar refractivity (Wildman–Crippen MR) is 141 cm³/mol. The molecule has 0 spiro atoms. The van der Waals surface area contributed by atoms with Crippen molar-refractivity contribution in [1.29, 1.82) is 10.5 Å². The van der Waals surface area contributed by atoms with Crippen LogP contribution in [0.5, 0.6) is 0 Å². The normalized spacial score (nSPS) is 10.8. The summed E-state index contributed by atoms with van der Waals surface area (Å²) >= 11 is 0. The SMILES string of the molecule is N#Cc1cc(-c2cccc(-c3ccccc3)c2C#N)cc(-n2c3ccccc3c3ccccc32)c1. The fourth-order valence-corrected chi connectivity index (χ4v) is 4.93. The van der Waals surface area contributed by atoms with Gasteiger partial charge in [0.1, 0.15) is 6.07 Å². The Morgan fingerprint density at radius 2 is 1.11 bits per heavy atom. The Labute approximate surface area is 203 Å². The van der Waals surface area contributed by atoms with Gasteiger partial charge in [-0.15, -0.1) is 0 Å². The van der Waals surface area contributed by atoms with Crippen molar-refractivity contribution in [2.75, 3.05) is 0 Å². The first-order valence-corrected chi connectivity index (χ1v) is 11.4. The van der Waals surface area contributed by atoms with Crippen molar-refractivity contribution in [3.63, 3.8) is 0 Å². The summed E-state index contributed by atoms with van der Waals surface area (Å²) in [6.45, 7) is 0. The molecule has 0 aliphatic rings. The molecule has 0 atom stereocenters. The van der Waals surface area contributed by atoms with Crippen LogP contribution in [0.25, 0.3) is 49.7 Å². The van der Waals surface area contributed by atoms with Crippen LogP contribution in [0.15, 0.2) is 115 Å². The van der Waals surface area contributed by atoms with E-state index in [-0.39, 0.29) is 0 Å². The number of nitriles is 2. The van der Waals surface area contributed by atoms with E-state index in [2.05, 4.69) is 47.0 Å².